The van der Waals surface area contributed by atoms with E-state index in [-0.39, 0.29) is 0 Å². The number of unbranched alkanes of at least 4 members (excludes halogenated alkanes) is 1. The van der Waals surface area contributed by atoms with Gasteiger partial charge in [0.1, 0.15) is 0 Å². The molecular formula is C18H27F. The van der Waals surface area contributed by atoms with E-state index in [1.165, 1.54) is 0 Å². The van der Waals surface area contributed by atoms with E-state index < -0.39 is 6.67 Å². The number of hydrogen-bond acceptors (Lipinski definition) is 0. The number of allylic oxidation sites excluding steroid dienone is 7. The summed E-state index contributed by atoms with van der Waals surface area (Å²) >= 11 is 0. The molecule has 0 fully saturated rings. The summed E-state index contributed by atoms with van der Waals surface area (Å²) in [5.41, 5.74) is 4.80. The third-order valence-electron chi connectivity index (χ3n) is 2.94. The molecule has 0 unspecified atom stereocenters. The molecule has 1 heteroatoms. The van der Waals surface area contributed by atoms with Crippen LogP contribution in [0, 0.1) is 0 Å². The third kappa shape index (κ3) is 5.87. The van der Waals surface area contributed by atoms with Crippen molar-refractivity contribution in [2.45, 2.75) is 46.5 Å². The van der Waals surface area contributed by atoms with Crippen molar-refractivity contribution < 1.29 is 4.39 Å². The summed E-state index contributed by atoms with van der Waals surface area (Å²) in [6.45, 7) is 17.9. The first-order valence-electron chi connectivity index (χ1n) is 6.99. The largest absolute Gasteiger partial charge is 0.251 e. The molecule has 0 radical (unpaired) electrons. The van der Waals surface area contributed by atoms with Crippen LogP contribution in [0.3, 0.4) is 0 Å². The third-order valence-corrected chi connectivity index (χ3v) is 2.94. The minimum atomic E-state index is -0.390. The van der Waals surface area contributed by atoms with E-state index in [9.17, 15) is 4.39 Å². The molecule has 0 aromatic carbocycles. The van der Waals surface area contributed by atoms with E-state index in [4.69, 9.17) is 0 Å². The lowest BCUT2D eigenvalue weighted by molar-refractivity contribution is 0.496. The smallest absolute Gasteiger partial charge is 0.0934 e. The molecule has 0 aromatic rings. The predicted molar refractivity (Wildman–Crippen MR) is 85.1 cm³/mol. The Bertz CT molecular complexity index is 394. The van der Waals surface area contributed by atoms with Crippen LogP contribution in [-0.2, 0) is 0 Å². The highest BCUT2D eigenvalue weighted by molar-refractivity contribution is 5.59. The van der Waals surface area contributed by atoms with Gasteiger partial charge in [-0.25, -0.2) is 0 Å². The van der Waals surface area contributed by atoms with E-state index in [0.29, 0.717) is 6.42 Å². The van der Waals surface area contributed by atoms with Gasteiger partial charge in [-0.05, 0) is 42.1 Å². The minimum absolute atomic E-state index is 0.345. The van der Waals surface area contributed by atoms with Gasteiger partial charge in [0.05, 0.1) is 6.67 Å². The summed E-state index contributed by atoms with van der Waals surface area (Å²) in [6, 6.07) is 0. The zero-order valence-corrected chi connectivity index (χ0v) is 12.7. The van der Waals surface area contributed by atoms with E-state index in [0.717, 1.165) is 47.1 Å². The Morgan fingerprint density at radius 1 is 1.05 bits per heavy atom. The van der Waals surface area contributed by atoms with Crippen LogP contribution >= 0.6 is 0 Å². The summed E-state index contributed by atoms with van der Waals surface area (Å²) in [4.78, 5) is 0. The summed E-state index contributed by atoms with van der Waals surface area (Å²) in [5.74, 6) is 0. The van der Waals surface area contributed by atoms with E-state index in [1.807, 2.05) is 6.92 Å². The molecule has 0 heterocycles. The van der Waals surface area contributed by atoms with Crippen LogP contribution in [0.5, 0.6) is 0 Å². The van der Waals surface area contributed by atoms with Gasteiger partial charge in [-0.2, -0.15) is 0 Å². The van der Waals surface area contributed by atoms with Crippen molar-refractivity contribution in [3.63, 3.8) is 0 Å². The van der Waals surface area contributed by atoms with Crippen molar-refractivity contribution in [1.29, 1.82) is 0 Å². The molecular weight excluding hydrogens is 235 g/mol. The van der Waals surface area contributed by atoms with E-state index in [1.54, 1.807) is 0 Å². The quantitative estimate of drug-likeness (QED) is 0.440. The Kier molecular flexibility index (Phi) is 8.86. The molecule has 0 bridgehead atoms. The average molecular weight is 262 g/mol. The molecule has 106 valence electrons. The first kappa shape index (κ1) is 17.6. The Hall–Kier alpha value is -1.37. The van der Waals surface area contributed by atoms with Gasteiger partial charge in [0.15, 0.2) is 0 Å². The van der Waals surface area contributed by atoms with E-state index >= 15 is 0 Å². The molecule has 0 spiro atoms. The second kappa shape index (κ2) is 9.55. The van der Waals surface area contributed by atoms with Gasteiger partial charge in [-0.3, -0.25) is 4.39 Å². The van der Waals surface area contributed by atoms with Crippen molar-refractivity contribution in [1.82, 2.24) is 0 Å². The fourth-order valence-corrected chi connectivity index (χ4v) is 1.86. The van der Waals surface area contributed by atoms with Crippen LogP contribution in [0.15, 0.2) is 59.8 Å². The average Bonchev–Trinajstić information content (AvgIpc) is 2.37. The number of alkyl halides is 1. The standard InChI is InChI=1S/C18H27F/c1-7-9-11-18(16(6)15(5)12-13-19)17(10-8-2)14(3)4/h10-11H,3,5-9,12-13H2,1-2,4H3/b17-10-,18-11+. The van der Waals surface area contributed by atoms with Crippen LogP contribution < -0.4 is 0 Å². The highest BCUT2D eigenvalue weighted by Gasteiger charge is 2.12. The Morgan fingerprint density at radius 3 is 2.11 bits per heavy atom. The fraction of sp³-hybridized carbons (Fsp3) is 0.444. The Labute approximate surface area is 118 Å². The maximum atomic E-state index is 12.5. The summed E-state index contributed by atoms with van der Waals surface area (Å²) in [5, 5.41) is 0. The van der Waals surface area contributed by atoms with Gasteiger partial charge >= 0.3 is 0 Å². The highest BCUT2D eigenvalue weighted by atomic mass is 19.1. The molecule has 0 aliphatic rings. The van der Waals surface area contributed by atoms with Gasteiger partial charge in [0.25, 0.3) is 0 Å². The molecule has 0 aliphatic carbocycles. The zero-order chi connectivity index (χ0) is 14.8. The van der Waals surface area contributed by atoms with Gasteiger partial charge < -0.3 is 0 Å². The van der Waals surface area contributed by atoms with Gasteiger partial charge in [0.2, 0.25) is 0 Å². The monoisotopic (exact) mass is 262 g/mol. The molecule has 0 rings (SSSR count). The predicted octanol–water partition coefficient (Wildman–Crippen LogP) is 6.10. The molecule has 0 aromatic heterocycles. The Morgan fingerprint density at radius 2 is 1.68 bits per heavy atom. The SMILES string of the molecule is C=C(CCF)C(=C)C(=C\CCC)/C(=C\CC)C(=C)C. The second-order valence-electron chi connectivity index (χ2n) is 4.73. The normalized spacial score (nSPS) is 12.4. The number of halogens is 1. The first-order valence-corrected chi connectivity index (χ1v) is 6.99. The van der Waals surface area contributed by atoms with Crippen LogP contribution in [0.4, 0.5) is 4.39 Å². The van der Waals surface area contributed by atoms with Crippen molar-refractivity contribution in [3.05, 3.63) is 59.8 Å². The first-order chi connectivity index (χ1) is 8.99. The zero-order valence-electron chi connectivity index (χ0n) is 12.7. The summed E-state index contributed by atoms with van der Waals surface area (Å²) in [7, 11) is 0. The Balaban J connectivity index is 5.43. The lowest BCUT2D eigenvalue weighted by atomic mass is 9.88. The maximum Gasteiger partial charge on any atom is 0.0934 e. The molecule has 0 amide bonds. The van der Waals surface area contributed by atoms with Crippen molar-refractivity contribution in [2.75, 3.05) is 6.67 Å². The molecule has 19 heavy (non-hydrogen) atoms. The second-order valence-corrected chi connectivity index (χ2v) is 4.73. The fourth-order valence-electron chi connectivity index (χ4n) is 1.86. The summed E-state index contributed by atoms with van der Waals surface area (Å²) in [6.07, 6.45) is 7.65. The van der Waals surface area contributed by atoms with E-state index in [2.05, 4.69) is 45.7 Å². The van der Waals surface area contributed by atoms with Crippen molar-refractivity contribution in [2.24, 2.45) is 0 Å². The van der Waals surface area contributed by atoms with Crippen LogP contribution in [0.25, 0.3) is 0 Å². The van der Waals surface area contributed by atoms with Gasteiger partial charge in [-0.15, -0.1) is 0 Å². The van der Waals surface area contributed by atoms with Crippen molar-refractivity contribution >= 4 is 0 Å². The summed E-state index contributed by atoms with van der Waals surface area (Å²) < 4.78 is 12.5. The maximum absolute atomic E-state index is 12.5. The number of rotatable bonds is 9. The molecule has 0 atom stereocenters. The molecule has 0 N–H and O–H groups in total. The highest BCUT2D eigenvalue weighted by Crippen LogP contribution is 2.30. The lowest BCUT2D eigenvalue weighted by Crippen LogP contribution is -1.99. The molecule has 0 nitrogen and oxygen atoms in total. The lowest BCUT2D eigenvalue weighted by Gasteiger charge is -2.17. The van der Waals surface area contributed by atoms with Crippen LogP contribution in [0.1, 0.15) is 46.5 Å². The van der Waals surface area contributed by atoms with Crippen molar-refractivity contribution in [3.8, 4) is 0 Å². The van der Waals surface area contributed by atoms with Crippen LogP contribution in [-0.4, -0.2) is 6.67 Å². The molecule has 0 aliphatic heterocycles. The topological polar surface area (TPSA) is 0 Å². The van der Waals surface area contributed by atoms with Gasteiger partial charge in [0, 0.05) is 6.42 Å². The van der Waals surface area contributed by atoms with Crippen LogP contribution in [0.2, 0.25) is 0 Å². The number of hydrogen-bond donors (Lipinski definition) is 0. The minimum Gasteiger partial charge on any atom is -0.251 e. The molecule has 0 saturated heterocycles. The van der Waals surface area contributed by atoms with Gasteiger partial charge in [-0.1, -0.05) is 57.7 Å². The molecule has 0 saturated carbocycles.